The molecule has 7 heteroatoms. The number of anilines is 1. The van der Waals surface area contributed by atoms with Crippen molar-refractivity contribution in [1.82, 2.24) is 4.90 Å². The summed E-state index contributed by atoms with van der Waals surface area (Å²) in [6.07, 6.45) is 1.11. The Balaban J connectivity index is 1.24. The molecule has 232 valence electrons. The highest BCUT2D eigenvalue weighted by Gasteiger charge is 2.28. The number of hydrogen-bond acceptors (Lipinski definition) is 5. The summed E-state index contributed by atoms with van der Waals surface area (Å²) in [6.45, 7) is 7.11. The summed E-state index contributed by atoms with van der Waals surface area (Å²) in [5, 5.41) is 13.3. The highest BCUT2D eigenvalue weighted by atomic mass is 16.6. The molecule has 0 spiro atoms. The third-order valence-corrected chi connectivity index (χ3v) is 8.18. The minimum Gasteiger partial charge on any atom is -0.490 e. The largest absolute Gasteiger partial charge is 0.490 e. The molecule has 46 heavy (non-hydrogen) atoms. The summed E-state index contributed by atoms with van der Waals surface area (Å²) >= 11 is 0. The molecular weight excluding hydrogens is 574 g/mol. The van der Waals surface area contributed by atoms with E-state index in [9.17, 15) is 14.9 Å². The van der Waals surface area contributed by atoms with Crippen molar-refractivity contribution in [2.45, 2.75) is 51.9 Å². The van der Waals surface area contributed by atoms with Gasteiger partial charge in [-0.2, -0.15) is 5.26 Å². The first-order valence-corrected chi connectivity index (χ1v) is 15.6. The molecule has 1 heterocycles. The van der Waals surface area contributed by atoms with Gasteiger partial charge in [-0.3, -0.25) is 4.79 Å². The average Bonchev–Trinajstić information content (AvgIpc) is 3.06. The summed E-state index contributed by atoms with van der Waals surface area (Å²) < 4.78 is 11.8. The zero-order valence-electron chi connectivity index (χ0n) is 26.4. The number of nitriles is 1. The Bertz CT molecular complexity index is 1920. The maximum Gasteiger partial charge on any atom is 0.410 e. The summed E-state index contributed by atoms with van der Waals surface area (Å²) in [7, 11) is 0. The van der Waals surface area contributed by atoms with Crippen molar-refractivity contribution < 1.29 is 19.1 Å². The van der Waals surface area contributed by atoms with Gasteiger partial charge in [0, 0.05) is 37.2 Å². The van der Waals surface area contributed by atoms with Gasteiger partial charge >= 0.3 is 6.09 Å². The summed E-state index contributed by atoms with van der Waals surface area (Å²) in [5.41, 5.74) is 2.40. The molecule has 0 unspecified atom stereocenters. The fourth-order valence-electron chi connectivity index (χ4n) is 5.86. The van der Waals surface area contributed by atoms with Crippen molar-refractivity contribution in [1.29, 1.82) is 5.26 Å². The molecule has 1 aliphatic rings. The first kappa shape index (κ1) is 30.7. The molecule has 6 rings (SSSR count). The fourth-order valence-corrected chi connectivity index (χ4v) is 5.86. The van der Waals surface area contributed by atoms with Crippen LogP contribution in [0.1, 0.15) is 55.1 Å². The second kappa shape index (κ2) is 12.9. The smallest absolute Gasteiger partial charge is 0.410 e. The lowest BCUT2D eigenvalue weighted by Gasteiger charge is -2.33. The van der Waals surface area contributed by atoms with Crippen LogP contribution < -0.4 is 9.64 Å². The van der Waals surface area contributed by atoms with Crippen LogP contribution in [0.4, 0.5) is 10.5 Å². The molecule has 1 saturated heterocycles. The molecule has 7 nitrogen and oxygen atoms in total. The molecule has 0 aromatic heterocycles. The van der Waals surface area contributed by atoms with Gasteiger partial charge in [-0.1, -0.05) is 54.6 Å². The molecule has 0 N–H and O–H groups in total. The van der Waals surface area contributed by atoms with Crippen LogP contribution in [-0.4, -0.2) is 41.7 Å². The molecule has 0 aliphatic carbocycles. The Hall–Kier alpha value is -5.35. The number of likely N-dealkylation sites (tertiary alicyclic amines) is 1. The van der Waals surface area contributed by atoms with Gasteiger partial charge in [-0.25, -0.2) is 4.79 Å². The van der Waals surface area contributed by atoms with Crippen LogP contribution in [0, 0.1) is 11.3 Å². The Morgan fingerprint density at radius 1 is 0.848 bits per heavy atom. The number of ether oxygens (including phenoxy) is 2. The molecule has 0 radical (unpaired) electrons. The van der Waals surface area contributed by atoms with E-state index in [1.165, 1.54) is 0 Å². The molecule has 0 saturated carbocycles. The number of piperidine rings is 1. The van der Waals surface area contributed by atoms with E-state index >= 15 is 0 Å². The van der Waals surface area contributed by atoms with Gasteiger partial charge in [0.2, 0.25) is 0 Å². The van der Waals surface area contributed by atoms with E-state index in [0.29, 0.717) is 49.4 Å². The van der Waals surface area contributed by atoms with Gasteiger partial charge in [0.1, 0.15) is 17.5 Å². The monoisotopic (exact) mass is 611 g/mol. The van der Waals surface area contributed by atoms with Crippen LogP contribution in [0.25, 0.3) is 21.5 Å². The number of rotatable bonds is 6. The lowest BCUT2D eigenvalue weighted by Crippen LogP contribution is -2.44. The second-order valence-electron chi connectivity index (χ2n) is 12.7. The lowest BCUT2D eigenvalue weighted by atomic mass is 10.0. The molecule has 2 amide bonds. The predicted octanol–water partition coefficient (Wildman–Crippen LogP) is 8.49. The first-order valence-electron chi connectivity index (χ1n) is 15.6. The third-order valence-electron chi connectivity index (χ3n) is 8.18. The summed E-state index contributed by atoms with van der Waals surface area (Å²) in [6, 6.07) is 35.3. The van der Waals surface area contributed by atoms with Crippen molar-refractivity contribution in [2.75, 3.05) is 18.0 Å². The van der Waals surface area contributed by atoms with E-state index in [2.05, 4.69) is 6.07 Å². The zero-order chi connectivity index (χ0) is 32.3. The van der Waals surface area contributed by atoms with E-state index < -0.39 is 5.60 Å². The highest BCUT2D eigenvalue weighted by molar-refractivity contribution is 6.14. The van der Waals surface area contributed by atoms with E-state index in [4.69, 9.17) is 9.47 Å². The van der Waals surface area contributed by atoms with Gasteiger partial charge in [0.05, 0.1) is 18.2 Å². The minimum atomic E-state index is -0.524. The maximum absolute atomic E-state index is 14.3. The maximum atomic E-state index is 14.3. The molecule has 5 aromatic carbocycles. The Morgan fingerprint density at radius 3 is 2.30 bits per heavy atom. The molecule has 0 atom stereocenters. The molecule has 0 bridgehead atoms. The molecule has 1 aliphatic heterocycles. The number of carbonyl (C=O) groups is 2. The number of fused-ring (bicyclic) bond motifs is 2. The second-order valence-corrected chi connectivity index (χ2v) is 12.7. The van der Waals surface area contributed by atoms with Crippen LogP contribution in [0.15, 0.2) is 103 Å². The first-order chi connectivity index (χ1) is 22.2. The van der Waals surface area contributed by atoms with E-state index in [1.54, 1.807) is 9.80 Å². The van der Waals surface area contributed by atoms with Gasteiger partial charge < -0.3 is 19.3 Å². The van der Waals surface area contributed by atoms with E-state index in [0.717, 1.165) is 32.8 Å². The quantitative estimate of drug-likeness (QED) is 0.192. The third kappa shape index (κ3) is 6.97. The SMILES string of the molecule is CC(C)(C)OC(=O)N1CCC(Oc2ccc(N(Cc3ccc4ccc(C#N)cc4c3)C(=O)c3cccc4ccccc34)cc2)CC1. The molecule has 1 fully saturated rings. The van der Waals surface area contributed by atoms with Crippen molar-refractivity contribution in [3.05, 3.63) is 120 Å². The molecule has 5 aromatic rings. The van der Waals surface area contributed by atoms with Crippen molar-refractivity contribution >= 4 is 39.2 Å². The Labute approximate surface area is 269 Å². The minimum absolute atomic E-state index is 0.0196. The number of benzene rings is 5. The topological polar surface area (TPSA) is 82.9 Å². The lowest BCUT2D eigenvalue weighted by molar-refractivity contribution is 0.0126. The molecular formula is C39H37N3O4. The van der Waals surface area contributed by atoms with Crippen LogP contribution in [0.2, 0.25) is 0 Å². The highest BCUT2D eigenvalue weighted by Crippen LogP contribution is 2.29. The van der Waals surface area contributed by atoms with Crippen molar-refractivity contribution in [2.24, 2.45) is 0 Å². The zero-order valence-corrected chi connectivity index (χ0v) is 26.4. The van der Waals surface area contributed by atoms with Crippen LogP contribution in [0.5, 0.6) is 5.75 Å². The summed E-state index contributed by atoms with van der Waals surface area (Å²) in [4.78, 5) is 30.3. The number of amides is 2. The van der Waals surface area contributed by atoms with Crippen LogP contribution >= 0.6 is 0 Å². The van der Waals surface area contributed by atoms with Crippen molar-refractivity contribution in [3.8, 4) is 11.8 Å². The summed E-state index contributed by atoms with van der Waals surface area (Å²) in [5.74, 6) is 0.609. The van der Waals surface area contributed by atoms with E-state index in [1.807, 2.05) is 124 Å². The van der Waals surface area contributed by atoms with E-state index in [-0.39, 0.29) is 18.1 Å². The average molecular weight is 612 g/mol. The number of nitrogens with zero attached hydrogens (tertiary/aromatic N) is 3. The van der Waals surface area contributed by atoms with Gasteiger partial charge in [0.25, 0.3) is 5.91 Å². The van der Waals surface area contributed by atoms with Gasteiger partial charge in [-0.15, -0.1) is 0 Å². The predicted molar refractivity (Wildman–Crippen MR) is 181 cm³/mol. The van der Waals surface area contributed by atoms with Crippen LogP contribution in [-0.2, 0) is 11.3 Å². The van der Waals surface area contributed by atoms with Gasteiger partial charge in [-0.05, 0) is 96.4 Å². The Kier molecular flexibility index (Phi) is 8.63. The van der Waals surface area contributed by atoms with Crippen molar-refractivity contribution in [3.63, 3.8) is 0 Å². The number of carbonyl (C=O) groups excluding carboxylic acids is 2. The fraction of sp³-hybridized carbons (Fsp3) is 0.256. The standard InChI is InChI=1S/C39H37N3O4/c1-39(2,3)46-38(44)41-21-19-34(20-22-41)45-33-17-15-32(16-18-33)42(37(43)36-10-6-8-30-7-4-5-9-35(30)36)26-28-12-14-29-13-11-27(25-40)23-31(29)24-28/h4-18,23-24,34H,19-22,26H2,1-3H3. The normalized spacial score (nSPS) is 13.7. The Morgan fingerprint density at radius 2 is 1.57 bits per heavy atom. The van der Waals surface area contributed by atoms with Gasteiger partial charge in [0.15, 0.2) is 0 Å². The number of hydrogen-bond donors (Lipinski definition) is 0. The van der Waals surface area contributed by atoms with Crippen LogP contribution in [0.3, 0.4) is 0 Å².